The summed E-state index contributed by atoms with van der Waals surface area (Å²) >= 11 is 0. The van der Waals surface area contributed by atoms with Crippen molar-refractivity contribution in [2.24, 2.45) is 0 Å². The molecule has 2 atom stereocenters. The van der Waals surface area contributed by atoms with E-state index in [0.29, 0.717) is 5.92 Å². The zero-order chi connectivity index (χ0) is 24.0. The summed E-state index contributed by atoms with van der Waals surface area (Å²) in [5.41, 5.74) is 6.07. The van der Waals surface area contributed by atoms with Crippen LogP contribution in [0.3, 0.4) is 0 Å². The molecule has 0 saturated carbocycles. The highest BCUT2D eigenvalue weighted by atomic mass is 19.1. The summed E-state index contributed by atoms with van der Waals surface area (Å²) in [6, 6.07) is 7.82. The van der Waals surface area contributed by atoms with Crippen LogP contribution in [-0.4, -0.2) is 0 Å². The van der Waals surface area contributed by atoms with Crippen molar-refractivity contribution in [3.05, 3.63) is 69.3 Å². The Labute approximate surface area is 195 Å². The fourth-order valence-corrected chi connectivity index (χ4v) is 4.95. The van der Waals surface area contributed by atoms with Crippen LogP contribution in [0.4, 0.5) is 8.78 Å². The lowest BCUT2D eigenvalue weighted by molar-refractivity contribution is 0.531. The predicted octanol–water partition coefficient (Wildman–Crippen LogP) is 9.94. The van der Waals surface area contributed by atoms with E-state index in [4.69, 9.17) is 0 Å². The van der Waals surface area contributed by atoms with E-state index in [9.17, 15) is 4.39 Å². The minimum atomic E-state index is -0.0839. The number of unbranched alkanes of at least 4 members (excludes halogenated alkanes) is 2. The van der Waals surface area contributed by atoms with Crippen molar-refractivity contribution in [3.63, 3.8) is 0 Å². The van der Waals surface area contributed by atoms with Crippen molar-refractivity contribution in [2.45, 2.75) is 118 Å². The molecule has 2 heteroatoms. The maximum atomic E-state index is 15.1. The third-order valence-electron chi connectivity index (χ3n) is 6.98. The third-order valence-corrected chi connectivity index (χ3v) is 6.98. The van der Waals surface area contributed by atoms with E-state index in [0.717, 1.165) is 53.5 Å². The summed E-state index contributed by atoms with van der Waals surface area (Å²) in [5, 5.41) is 0. The van der Waals surface area contributed by atoms with Gasteiger partial charge >= 0.3 is 0 Å². The van der Waals surface area contributed by atoms with Crippen molar-refractivity contribution < 1.29 is 8.78 Å². The molecule has 0 aliphatic heterocycles. The molecule has 2 aromatic rings. The van der Waals surface area contributed by atoms with Crippen LogP contribution in [-0.2, 0) is 6.42 Å². The van der Waals surface area contributed by atoms with E-state index in [2.05, 4.69) is 60.6 Å². The predicted molar refractivity (Wildman–Crippen MR) is 135 cm³/mol. The van der Waals surface area contributed by atoms with Gasteiger partial charge in [0.15, 0.2) is 0 Å². The van der Waals surface area contributed by atoms with Gasteiger partial charge in [0.2, 0.25) is 0 Å². The van der Waals surface area contributed by atoms with Gasteiger partial charge in [0.1, 0.15) is 11.6 Å². The topological polar surface area (TPSA) is 0 Å². The fourth-order valence-electron chi connectivity index (χ4n) is 4.95. The largest absolute Gasteiger partial charge is 0.207 e. The smallest absolute Gasteiger partial charge is 0.127 e. The van der Waals surface area contributed by atoms with Gasteiger partial charge in [-0.2, -0.15) is 0 Å². The van der Waals surface area contributed by atoms with Crippen LogP contribution >= 0.6 is 0 Å². The number of aryl methyl sites for hydroxylation is 2. The molecule has 0 amide bonds. The number of halogens is 2. The van der Waals surface area contributed by atoms with Gasteiger partial charge in [-0.1, -0.05) is 73.4 Å². The average Bonchev–Trinajstić information content (AvgIpc) is 2.70. The molecule has 178 valence electrons. The number of rotatable bonds is 11. The Morgan fingerprint density at radius 3 is 1.84 bits per heavy atom. The van der Waals surface area contributed by atoms with Crippen LogP contribution in [0.15, 0.2) is 24.3 Å². The lowest BCUT2D eigenvalue weighted by Crippen LogP contribution is -2.07. The Hall–Kier alpha value is -1.70. The molecule has 0 N–H and O–H groups in total. The van der Waals surface area contributed by atoms with Crippen LogP contribution in [0.1, 0.15) is 138 Å². The quantitative estimate of drug-likeness (QED) is 0.304. The molecule has 0 aliphatic rings. The lowest BCUT2D eigenvalue weighted by atomic mass is 9.84. The van der Waals surface area contributed by atoms with Gasteiger partial charge in [0.25, 0.3) is 0 Å². The molecule has 0 bridgehead atoms. The van der Waals surface area contributed by atoms with Gasteiger partial charge < -0.3 is 0 Å². The number of benzene rings is 2. The summed E-state index contributed by atoms with van der Waals surface area (Å²) in [6.07, 6.45) is 6.20. The monoisotopic (exact) mass is 442 g/mol. The Morgan fingerprint density at radius 2 is 1.28 bits per heavy atom. The molecule has 0 aromatic heterocycles. The highest BCUT2D eigenvalue weighted by Crippen LogP contribution is 2.34. The zero-order valence-corrected chi connectivity index (χ0v) is 21.6. The Morgan fingerprint density at radius 1 is 0.688 bits per heavy atom. The number of hydrogen-bond donors (Lipinski definition) is 0. The molecule has 0 radical (unpaired) electrons. The second kappa shape index (κ2) is 12.0. The second-order valence-corrected chi connectivity index (χ2v) is 10.5. The van der Waals surface area contributed by atoms with E-state index < -0.39 is 0 Å². The Balaban J connectivity index is 2.18. The van der Waals surface area contributed by atoms with Gasteiger partial charge in [-0.05, 0) is 102 Å². The van der Waals surface area contributed by atoms with Crippen molar-refractivity contribution in [1.29, 1.82) is 0 Å². The van der Waals surface area contributed by atoms with Crippen molar-refractivity contribution in [3.8, 4) is 0 Å². The first-order chi connectivity index (χ1) is 15.1. The first-order valence-corrected chi connectivity index (χ1v) is 12.7. The highest BCUT2D eigenvalue weighted by molar-refractivity contribution is 5.38. The maximum Gasteiger partial charge on any atom is 0.127 e. The third kappa shape index (κ3) is 6.65. The molecule has 0 fully saturated rings. The van der Waals surface area contributed by atoms with Crippen LogP contribution < -0.4 is 0 Å². The molecule has 0 saturated heterocycles. The Bertz CT molecular complexity index is 856. The second-order valence-electron chi connectivity index (χ2n) is 10.5. The van der Waals surface area contributed by atoms with Crippen LogP contribution in [0.5, 0.6) is 0 Å². The van der Waals surface area contributed by atoms with E-state index in [-0.39, 0.29) is 29.4 Å². The van der Waals surface area contributed by atoms with Gasteiger partial charge in [0.05, 0.1) is 0 Å². The molecule has 2 rings (SSSR count). The maximum absolute atomic E-state index is 15.1. The standard InChI is InChI=1S/C30H44F2/c1-9-10-11-12-24-16-26(18-27(31)29(24)20(4)5)21(6)13-14-22(7)30-23(8)15-25(19(2)3)17-28(30)32/h15-22H,9-14H2,1-8H3. The summed E-state index contributed by atoms with van der Waals surface area (Å²) in [7, 11) is 0. The molecule has 2 aromatic carbocycles. The summed E-state index contributed by atoms with van der Waals surface area (Å²) in [4.78, 5) is 0. The lowest BCUT2D eigenvalue weighted by Gasteiger charge is -2.22. The molecule has 0 spiro atoms. The Kier molecular flexibility index (Phi) is 9.92. The first-order valence-electron chi connectivity index (χ1n) is 12.7. The number of hydrogen-bond acceptors (Lipinski definition) is 0. The fraction of sp³-hybridized carbons (Fsp3) is 0.600. The van der Waals surface area contributed by atoms with E-state index >= 15 is 4.39 Å². The van der Waals surface area contributed by atoms with Crippen molar-refractivity contribution >= 4 is 0 Å². The summed E-state index contributed by atoms with van der Waals surface area (Å²) < 4.78 is 29.9. The van der Waals surface area contributed by atoms with Gasteiger partial charge in [-0.15, -0.1) is 0 Å². The minimum Gasteiger partial charge on any atom is -0.207 e. The summed E-state index contributed by atoms with van der Waals surface area (Å²) in [5.74, 6) is 0.756. The molecular formula is C30H44F2. The molecule has 32 heavy (non-hydrogen) atoms. The van der Waals surface area contributed by atoms with Crippen molar-refractivity contribution in [2.75, 3.05) is 0 Å². The van der Waals surface area contributed by atoms with Crippen molar-refractivity contribution in [1.82, 2.24) is 0 Å². The van der Waals surface area contributed by atoms with Gasteiger partial charge in [0, 0.05) is 0 Å². The minimum absolute atomic E-state index is 0.0601. The van der Waals surface area contributed by atoms with Crippen LogP contribution in [0.25, 0.3) is 0 Å². The van der Waals surface area contributed by atoms with Gasteiger partial charge in [-0.25, -0.2) is 8.78 Å². The van der Waals surface area contributed by atoms with Gasteiger partial charge in [-0.3, -0.25) is 0 Å². The van der Waals surface area contributed by atoms with E-state index in [1.165, 1.54) is 18.4 Å². The molecular weight excluding hydrogens is 398 g/mol. The average molecular weight is 443 g/mol. The summed E-state index contributed by atoms with van der Waals surface area (Å²) in [6.45, 7) is 16.9. The van der Waals surface area contributed by atoms with Crippen LogP contribution in [0.2, 0.25) is 0 Å². The first kappa shape index (κ1) is 26.6. The molecule has 0 heterocycles. The normalized spacial score (nSPS) is 13.8. The highest BCUT2D eigenvalue weighted by Gasteiger charge is 2.20. The van der Waals surface area contributed by atoms with Crippen LogP contribution in [0, 0.1) is 18.6 Å². The van der Waals surface area contributed by atoms with E-state index in [1.807, 2.05) is 6.92 Å². The molecule has 0 nitrogen and oxygen atoms in total. The molecule has 2 unspecified atom stereocenters. The van der Waals surface area contributed by atoms with E-state index in [1.54, 1.807) is 12.1 Å². The SMILES string of the molecule is CCCCCc1cc(C(C)CCC(C)c2c(C)cc(C(C)C)cc2F)cc(F)c1C(C)C. The zero-order valence-electron chi connectivity index (χ0n) is 21.6. The molecule has 0 aliphatic carbocycles.